The summed E-state index contributed by atoms with van der Waals surface area (Å²) in [6.45, 7) is 5.59. The van der Waals surface area contributed by atoms with Gasteiger partial charge in [0.15, 0.2) is 0 Å². The molecule has 1 aromatic heterocycles. The highest BCUT2D eigenvalue weighted by molar-refractivity contribution is 5.85. The van der Waals surface area contributed by atoms with Crippen molar-refractivity contribution in [3.8, 4) is 5.88 Å². The number of ether oxygens (including phenoxy) is 1. The van der Waals surface area contributed by atoms with Crippen LogP contribution in [-0.4, -0.2) is 48.6 Å². The van der Waals surface area contributed by atoms with Crippen LogP contribution in [0.15, 0.2) is 18.3 Å². The molecular formula is C16H28N4O2. The zero-order valence-corrected chi connectivity index (χ0v) is 14.1. The number of pyridine rings is 1. The maximum Gasteiger partial charge on any atom is 0.240 e. The maximum absolute atomic E-state index is 12.1. The molecule has 0 aliphatic heterocycles. The number of likely N-dealkylation sites (N-methyl/N-ethyl adjacent to an activating group) is 1. The Morgan fingerprint density at radius 1 is 1.50 bits per heavy atom. The fourth-order valence-corrected chi connectivity index (χ4v) is 1.99. The summed E-state index contributed by atoms with van der Waals surface area (Å²) in [5.74, 6) is 0.430. The van der Waals surface area contributed by atoms with Gasteiger partial charge >= 0.3 is 0 Å². The van der Waals surface area contributed by atoms with Gasteiger partial charge in [-0.05, 0) is 39.1 Å². The molecule has 0 saturated carbocycles. The maximum atomic E-state index is 12.1. The van der Waals surface area contributed by atoms with Gasteiger partial charge in [-0.25, -0.2) is 4.98 Å². The summed E-state index contributed by atoms with van der Waals surface area (Å²) in [6, 6.07) is 3.69. The molecule has 6 nitrogen and oxygen atoms in total. The molecule has 0 fully saturated rings. The Bertz CT molecular complexity index is 475. The number of hydrogen-bond donors (Lipinski definition) is 2. The number of amides is 1. The first-order valence-corrected chi connectivity index (χ1v) is 7.65. The van der Waals surface area contributed by atoms with Gasteiger partial charge in [0.25, 0.3) is 0 Å². The molecule has 0 aliphatic rings. The molecule has 0 aliphatic carbocycles. The summed E-state index contributed by atoms with van der Waals surface area (Å²) in [7, 11) is 3.98. The molecule has 0 bridgehead atoms. The van der Waals surface area contributed by atoms with Gasteiger partial charge in [0.2, 0.25) is 11.8 Å². The van der Waals surface area contributed by atoms with E-state index in [9.17, 15) is 4.79 Å². The standard InChI is InChI=1S/C16H28N4O2/c1-5-7-16(2,17)15(21)19-12-13-6-8-18-14(11-13)22-10-9-20(3)4/h6,8,11H,5,7,9-10,12,17H2,1-4H3,(H,19,21). The first-order chi connectivity index (χ1) is 10.3. The van der Waals surface area contributed by atoms with Crippen LogP contribution >= 0.6 is 0 Å². The summed E-state index contributed by atoms with van der Waals surface area (Å²) < 4.78 is 5.58. The van der Waals surface area contributed by atoms with E-state index in [4.69, 9.17) is 10.5 Å². The molecule has 1 rings (SSSR count). The average molecular weight is 308 g/mol. The lowest BCUT2D eigenvalue weighted by atomic mass is 9.96. The predicted octanol–water partition coefficient (Wildman–Crippen LogP) is 1.16. The Balaban J connectivity index is 2.51. The lowest BCUT2D eigenvalue weighted by molar-refractivity contribution is -0.126. The highest BCUT2D eigenvalue weighted by atomic mass is 16.5. The van der Waals surface area contributed by atoms with E-state index < -0.39 is 5.54 Å². The monoisotopic (exact) mass is 308 g/mol. The average Bonchev–Trinajstić information content (AvgIpc) is 2.44. The third-order valence-electron chi connectivity index (χ3n) is 3.33. The normalized spacial score (nSPS) is 13.7. The minimum atomic E-state index is -0.827. The van der Waals surface area contributed by atoms with Crippen molar-refractivity contribution in [2.75, 3.05) is 27.2 Å². The molecular weight excluding hydrogens is 280 g/mol. The predicted molar refractivity (Wildman–Crippen MR) is 87.6 cm³/mol. The Hall–Kier alpha value is -1.66. The largest absolute Gasteiger partial charge is 0.476 e. The minimum Gasteiger partial charge on any atom is -0.476 e. The number of nitrogens with zero attached hydrogens (tertiary/aromatic N) is 2. The molecule has 0 radical (unpaired) electrons. The molecule has 6 heteroatoms. The smallest absolute Gasteiger partial charge is 0.240 e. The topological polar surface area (TPSA) is 80.5 Å². The first kappa shape index (κ1) is 18.4. The fourth-order valence-electron chi connectivity index (χ4n) is 1.99. The summed E-state index contributed by atoms with van der Waals surface area (Å²) >= 11 is 0. The van der Waals surface area contributed by atoms with Crippen LogP contribution in [0.4, 0.5) is 0 Å². The van der Waals surface area contributed by atoms with Crippen LogP contribution < -0.4 is 15.8 Å². The van der Waals surface area contributed by atoms with Gasteiger partial charge in [-0.3, -0.25) is 4.79 Å². The summed E-state index contributed by atoms with van der Waals surface area (Å²) in [5.41, 5.74) is 6.12. The van der Waals surface area contributed by atoms with E-state index in [1.807, 2.05) is 38.1 Å². The van der Waals surface area contributed by atoms with Crippen molar-refractivity contribution in [2.45, 2.75) is 38.8 Å². The van der Waals surface area contributed by atoms with Crippen LogP contribution in [0.25, 0.3) is 0 Å². The van der Waals surface area contributed by atoms with Crippen LogP contribution in [0.2, 0.25) is 0 Å². The van der Waals surface area contributed by atoms with Crippen molar-refractivity contribution in [1.29, 1.82) is 0 Å². The molecule has 1 atom stereocenters. The summed E-state index contributed by atoms with van der Waals surface area (Å²) in [5, 5.41) is 2.87. The highest BCUT2D eigenvalue weighted by Gasteiger charge is 2.26. The Labute approximate surface area is 133 Å². The Morgan fingerprint density at radius 2 is 2.23 bits per heavy atom. The van der Waals surface area contributed by atoms with Gasteiger partial charge in [0.05, 0.1) is 5.54 Å². The SMILES string of the molecule is CCCC(C)(N)C(=O)NCc1ccnc(OCCN(C)C)c1. The first-order valence-electron chi connectivity index (χ1n) is 7.65. The third-order valence-corrected chi connectivity index (χ3v) is 3.33. The summed E-state index contributed by atoms with van der Waals surface area (Å²) in [6.07, 6.45) is 3.22. The van der Waals surface area contributed by atoms with Crippen molar-refractivity contribution in [2.24, 2.45) is 5.73 Å². The van der Waals surface area contributed by atoms with E-state index in [1.165, 1.54) is 0 Å². The number of carbonyl (C=O) groups excluding carboxylic acids is 1. The molecule has 1 amide bonds. The molecule has 3 N–H and O–H groups in total. The number of nitrogens with two attached hydrogens (primary N) is 1. The quantitative estimate of drug-likeness (QED) is 0.715. The van der Waals surface area contributed by atoms with Gasteiger partial charge < -0.3 is 20.7 Å². The van der Waals surface area contributed by atoms with Crippen molar-refractivity contribution in [3.05, 3.63) is 23.9 Å². The van der Waals surface area contributed by atoms with Gasteiger partial charge in [0.1, 0.15) is 6.61 Å². The molecule has 1 aromatic rings. The van der Waals surface area contributed by atoms with Gasteiger partial charge in [-0.1, -0.05) is 13.3 Å². The summed E-state index contributed by atoms with van der Waals surface area (Å²) in [4.78, 5) is 18.3. The molecule has 124 valence electrons. The van der Waals surface area contributed by atoms with Gasteiger partial charge in [-0.15, -0.1) is 0 Å². The van der Waals surface area contributed by atoms with Crippen LogP contribution in [-0.2, 0) is 11.3 Å². The minimum absolute atomic E-state index is 0.138. The molecule has 0 saturated heterocycles. The van der Waals surface area contributed by atoms with Crippen molar-refractivity contribution >= 4 is 5.91 Å². The zero-order valence-electron chi connectivity index (χ0n) is 14.1. The Morgan fingerprint density at radius 3 is 2.86 bits per heavy atom. The van der Waals surface area contributed by atoms with Crippen LogP contribution in [0.5, 0.6) is 5.88 Å². The molecule has 1 heterocycles. The highest BCUT2D eigenvalue weighted by Crippen LogP contribution is 2.11. The second-order valence-corrected chi connectivity index (χ2v) is 6.00. The molecule has 0 spiro atoms. The molecule has 1 unspecified atom stereocenters. The second kappa shape index (κ2) is 8.70. The van der Waals surface area contributed by atoms with E-state index in [1.54, 1.807) is 13.1 Å². The van der Waals surface area contributed by atoms with Crippen LogP contribution in [0, 0.1) is 0 Å². The van der Waals surface area contributed by atoms with E-state index in [2.05, 4.69) is 10.3 Å². The number of carbonyl (C=O) groups is 1. The lowest BCUT2D eigenvalue weighted by Gasteiger charge is -2.22. The molecule has 22 heavy (non-hydrogen) atoms. The van der Waals surface area contributed by atoms with E-state index in [0.717, 1.165) is 18.5 Å². The lowest BCUT2D eigenvalue weighted by Crippen LogP contribution is -2.51. The Kier molecular flexibility index (Phi) is 7.27. The molecule has 0 aromatic carbocycles. The number of nitrogens with one attached hydrogen (secondary N) is 1. The van der Waals surface area contributed by atoms with Crippen molar-refractivity contribution < 1.29 is 9.53 Å². The zero-order chi connectivity index (χ0) is 16.6. The second-order valence-electron chi connectivity index (χ2n) is 6.00. The number of rotatable bonds is 9. The van der Waals surface area contributed by atoms with Crippen LogP contribution in [0.3, 0.4) is 0 Å². The number of hydrogen-bond acceptors (Lipinski definition) is 5. The van der Waals surface area contributed by atoms with Gasteiger partial charge in [0, 0.05) is 25.4 Å². The van der Waals surface area contributed by atoms with Crippen molar-refractivity contribution in [1.82, 2.24) is 15.2 Å². The van der Waals surface area contributed by atoms with Crippen molar-refractivity contribution in [3.63, 3.8) is 0 Å². The number of aromatic nitrogens is 1. The van der Waals surface area contributed by atoms with E-state index >= 15 is 0 Å². The van der Waals surface area contributed by atoms with E-state index in [-0.39, 0.29) is 5.91 Å². The third kappa shape index (κ3) is 6.41. The van der Waals surface area contributed by atoms with Crippen LogP contribution in [0.1, 0.15) is 32.3 Å². The fraction of sp³-hybridized carbons (Fsp3) is 0.625. The van der Waals surface area contributed by atoms with Gasteiger partial charge in [-0.2, -0.15) is 0 Å². The van der Waals surface area contributed by atoms with E-state index in [0.29, 0.717) is 25.5 Å².